The molecule has 0 N–H and O–H groups in total. The van der Waals surface area contributed by atoms with Gasteiger partial charge in [-0.1, -0.05) is 42.1 Å². The predicted octanol–water partition coefficient (Wildman–Crippen LogP) is 6.03. The quantitative estimate of drug-likeness (QED) is 0.552. The highest BCUT2D eigenvalue weighted by molar-refractivity contribution is 7.99. The van der Waals surface area contributed by atoms with Crippen molar-refractivity contribution in [1.82, 2.24) is 0 Å². The standard InChI is InChI=1S/C20H18O2S/c1-2-21-16-12-14-18(15-13-16)23-20-11-7-6-10-19(20)22-17-8-4-3-5-9-17/h3-15H,2H2,1H3. The smallest absolute Gasteiger partial charge is 0.141 e. The van der Waals surface area contributed by atoms with E-state index < -0.39 is 0 Å². The molecule has 2 nitrogen and oxygen atoms in total. The summed E-state index contributed by atoms with van der Waals surface area (Å²) in [6.45, 7) is 2.67. The molecule has 23 heavy (non-hydrogen) atoms. The molecule has 3 rings (SSSR count). The van der Waals surface area contributed by atoms with E-state index in [1.807, 2.05) is 67.6 Å². The summed E-state index contributed by atoms with van der Waals surface area (Å²) >= 11 is 1.68. The van der Waals surface area contributed by atoms with E-state index in [0.717, 1.165) is 27.0 Å². The van der Waals surface area contributed by atoms with Crippen molar-refractivity contribution in [2.45, 2.75) is 16.7 Å². The van der Waals surface area contributed by atoms with Crippen molar-refractivity contribution in [3.8, 4) is 17.2 Å². The molecule has 0 aliphatic carbocycles. The van der Waals surface area contributed by atoms with Gasteiger partial charge in [0.2, 0.25) is 0 Å². The highest BCUT2D eigenvalue weighted by Gasteiger charge is 2.06. The predicted molar refractivity (Wildman–Crippen MR) is 94.7 cm³/mol. The van der Waals surface area contributed by atoms with Crippen LogP contribution in [-0.2, 0) is 0 Å². The Bertz CT molecular complexity index is 739. The summed E-state index contributed by atoms with van der Waals surface area (Å²) in [5.74, 6) is 2.59. The maximum atomic E-state index is 6.00. The highest BCUT2D eigenvalue weighted by Crippen LogP contribution is 2.37. The SMILES string of the molecule is CCOc1ccc(Sc2ccccc2Oc2ccccc2)cc1. The van der Waals surface area contributed by atoms with Crippen molar-refractivity contribution in [2.24, 2.45) is 0 Å². The summed E-state index contributed by atoms with van der Waals surface area (Å²) in [6.07, 6.45) is 0. The van der Waals surface area contributed by atoms with E-state index in [1.54, 1.807) is 11.8 Å². The number of hydrogen-bond acceptors (Lipinski definition) is 3. The van der Waals surface area contributed by atoms with Gasteiger partial charge in [-0.05, 0) is 55.5 Å². The third-order valence-corrected chi connectivity index (χ3v) is 4.25. The molecule has 0 heterocycles. The van der Waals surface area contributed by atoms with Crippen LogP contribution in [0.3, 0.4) is 0 Å². The van der Waals surface area contributed by atoms with Gasteiger partial charge in [0, 0.05) is 4.90 Å². The first-order chi connectivity index (χ1) is 11.3. The molecule has 0 bridgehead atoms. The fourth-order valence-electron chi connectivity index (χ4n) is 2.13. The fourth-order valence-corrected chi connectivity index (χ4v) is 3.01. The molecule has 0 saturated heterocycles. The molecule has 0 saturated carbocycles. The Balaban J connectivity index is 1.77. The van der Waals surface area contributed by atoms with Crippen LogP contribution in [0, 0.1) is 0 Å². The van der Waals surface area contributed by atoms with Crippen molar-refractivity contribution in [1.29, 1.82) is 0 Å². The van der Waals surface area contributed by atoms with Crippen LogP contribution in [0.5, 0.6) is 17.2 Å². The summed E-state index contributed by atoms with van der Waals surface area (Å²) in [6, 6.07) is 26.0. The number of ether oxygens (including phenoxy) is 2. The van der Waals surface area contributed by atoms with Crippen molar-refractivity contribution >= 4 is 11.8 Å². The summed E-state index contributed by atoms with van der Waals surface area (Å²) in [4.78, 5) is 2.23. The lowest BCUT2D eigenvalue weighted by Crippen LogP contribution is -1.90. The molecule has 116 valence electrons. The minimum Gasteiger partial charge on any atom is -0.494 e. The minimum absolute atomic E-state index is 0.681. The molecule has 3 aromatic carbocycles. The van der Waals surface area contributed by atoms with E-state index in [-0.39, 0.29) is 0 Å². The van der Waals surface area contributed by atoms with Crippen LogP contribution in [-0.4, -0.2) is 6.61 Å². The van der Waals surface area contributed by atoms with Crippen molar-refractivity contribution in [3.05, 3.63) is 78.9 Å². The Morgan fingerprint density at radius 1 is 0.739 bits per heavy atom. The summed E-state index contributed by atoms with van der Waals surface area (Å²) in [5.41, 5.74) is 0. The van der Waals surface area contributed by atoms with Crippen LogP contribution in [0.25, 0.3) is 0 Å². The van der Waals surface area contributed by atoms with Crippen LogP contribution >= 0.6 is 11.8 Å². The van der Waals surface area contributed by atoms with Gasteiger partial charge in [-0.25, -0.2) is 0 Å². The van der Waals surface area contributed by atoms with Crippen molar-refractivity contribution < 1.29 is 9.47 Å². The maximum Gasteiger partial charge on any atom is 0.141 e. The van der Waals surface area contributed by atoms with Crippen LogP contribution in [0.1, 0.15) is 6.92 Å². The van der Waals surface area contributed by atoms with Gasteiger partial charge in [-0.3, -0.25) is 0 Å². The Kier molecular flexibility index (Phi) is 5.22. The molecule has 0 fully saturated rings. The Morgan fingerprint density at radius 3 is 2.17 bits per heavy atom. The zero-order valence-corrected chi connectivity index (χ0v) is 13.8. The molecule has 3 aromatic rings. The first-order valence-corrected chi connectivity index (χ1v) is 8.39. The highest BCUT2D eigenvalue weighted by atomic mass is 32.2. The van der Waals surface area contributed by atoms with Crippen molar-refractivity contribution in [2.75, 3.05) is 6.61 Å². The molecule has 0 atom stereocenters. The van der Waals surface area contributed by atoms with E-state index in [2.05, 4.69) is 18.2 Å². The largest absolute Gasteiger partial charge is 0.494 e. The molecule has 0 unspecified atom stereocenters. The third-order valence-electron chi connectivity index (χ3n) is 3.18. The zero-order valence-electron chi connectivity index (χ0n) is 12.9. The van der Waals surface area contributed by atoms with E-state index in [1.165, 1.54) is 0 Å². The topological polar surface area (TPSA) is 18.5 Å². The fraction of sp³-hybridized carbons (Fsp3) is 0.100. The van der Waals surface area contributed by atoms with Crippen molar-refractivity contribution in [3.63, 3.8) is 0 Å². The summed E-state index contributed by atoms with van der Waals surface area (Å²) < 4.78 is 11.5. The zero-order chi connectivity index (χ0) is 15.9. The number of hydrogen-bond donors (Lipinski definition) is 0. The Morgan fingerprint density at radius 2 is 1.43 bits per heavy atom. The Labute approximate surface area is 141 Å². The molecular formula is C20H18O2S. The summed E-state index contributed by atoms with van der Waals surface area (Å²) in [5, 5.41) is 0. The number of para-hydroxylation sites is 2. The third kappa shape index (κ3) is 4.30. The Hall–Kier alpha value is -2.39. The molecule has 0 aliphatic heterocycles. The van der Waals surface area contributed by atoms with Gasteiger partial charge in [0.05, 0.1) is 11.5 Å². The van der Waals surface area contributed by atoms with E-state index in [4.69, 9.17) is 9.47 Å². The lowest BCUT2D eigenvalue weighted by molar-refractivity contribution is 0.340. The molecular weight excluding hydrogens is 304 g/mol. The summed E-state index contributed by atoms with van der Waals surface area (Å²) in [7, 11) is 0. The van der Waals surface area contributed by atoms with Crippen LogP contribution in [0.15, 0.2) is 88.7 Å². The molecule has 3 heteroatoms. The maximum absolute atomic E-state index is 6.00. The van der Waals surface area contributed by atoms with Gasteiger partial charge in [0.15, 0.2) is 0 Å². The second kappa shape index (κ2) is 7.75. The monoisotopic (exact) mass is 322 g/mol. The number of benzene rings is 3. The normalized spacial score (nSPS) is 10.3. The van der Waals surface area contributed by atoms with Gasteiger partial charge in [-0.2, -0.15) is 0 Å². The molecule has 0 amide bonds. The van der Waals surface area contributed by atoms with E-state index >= 15 is 0 Å². The lowest BCUT2D eigenvalue weighted by Gasteiger charge is -2.11. The number of rotatable bonds is 6. The van der Waals surface area contributed by atoms with Gasteiger partial charge in [0.1, 0.15) is 17.2 Å². The van der Waals surface area contributed by atoms with Crippen LogP contribution in [0.4, 0.5) is 0 Å². The van der Waals surface area contributed by atoms with Gasteiger partial charge >= 0.3 is 0 Å². The van der Waals surface area contributed by atoms with Crippen LogP contribution in [0.2, 0.25) is 0 Å². The second-order valence-corrected chi connectivity index (χ2v) is 5.98. The second-order valence-electron chi connectivity index (χ2n) is 4.87. The average molecular weight is 322 g/mol. The molecule has 0 spiro atoms. The van der Waals surface area contributed by atoms with Gasteiger partial charge in [-0.15, -0.1) is 0 Å². The van der Waals surface area contributed by atoms with Crippen LogP contribution < -0.4 is 9.47 Å². The van der Waals surface area contributed by atoms with Gasteiger partial charge < -0.3 is 9.47 Å². The molecule has 0 radical (unpaired) electrons. The first-order valence-electron chi connectivity index (χ1n) is 7.58. The average Bonchev–Trinajstić information content (AvgIpc) is 2.60. The van der Waals surface area contributed by atoms with E-state index in [9.17, 15) is 0 Å². The molecule has 0 aromatic heterocycles. The van der Waals surface area contributed by atoms with Gasteiger partial charge in [0.25, 0.3) is 0 Å². The lowest BCUT2D eigenvalue weighted by atomic mass is 10.3. The van der Waals surface area contributed by atoms with E-state index in [0.29, 0.717) is 6.61 Å². The molecule has 0 aliphatic rings. The first kappa shape index (κ1) is 15.5. The minimum atomic E-state index is 0.681.